The maximum Gasteiger partial charge on any atom is 0.263 e. The Morgan fingerprint density at radius 3 is 2.75 bits per heavy atom. The van der Waals surface area contributed by atoms with Crippen molar-refractivity contribution in [3.05, 3.63) is 70.3 Å². The van der Waals surface area contributed by atoms with Gasteiger partial charge in [-0.15, -0.1) is 0 Å². The van der Waals surface area contributed by atoms with Gasteiger partial charge in [0.2, 0.25) is 0 Å². The number of allylic oxidation sites excluding steroid dienone is 1. The van der Waals surface area contributed by atoms with Gasteiger partial charge in [-0.1, -0.05) is 50.1 Å². The highest BCUT2D eigenvalue weighted by Gasteiger charge is 2.40. The number of carbonyl (C=O) groups excluding carboxylic acids is 1. The molecule has 2 bridgehead atoms. The molecule has 7 rings (SSSR count). The minimum Gasteiger partial charge on any atom is -0.491 e. The van der Waals surface area contributed by atoms with Gasteiger partial charge in [0.25, 0.3) is 5.91 Å². The van der Waals surface area contributed by atoms with Crippen molar-refractivity contribution < 1.29 is 23.2 Å². The first kappa shape index (κ1) is 37.8. The van der Waals surface area contributed by atoms with Gasteiger partial charge in [0, 0.05) is 75.5 Å². The summed E-state index contributed by atoms with van der Waals surface area (Å²) in [5, 5.41) is 0.429. The SMILES string of the molecule is CCCc1cc(Cl)ccc1C1COc2ccc3cc2N(C1)CC1CCC1C(CN1CCN2CCOCC2C1)/C=C/CC(C)C(COC)S(=O)NC3=O. The van der Waals surface area contributed by atoms with E-state index in [4.69, 9.17) is 25.8 Å². The van der Waals surface area contributed by atoms with Crippen molar-refractivity contribution in [2.75, 3.05) is 84.3 Å². The van der Waals surface area contributed by atoms with Gasteiger partial charge in [0.15, 0.2) is 0 Å². The van der Waals surface area contributed by atoms with Crippen LogP contribution in [0.5, 0.6) is 5.75 Å². The number of halogens is 1. The van der Waals surface area contributed by atoms with Crippen LogP contribution in [0.15, 0.2) is 48.6 Å². The average molecular weight is 753 g/mol. The number of fused-ring (bicyclic) bond motifs is 3. The molecular formula is C41H57ClN4O5S. The minimum atomic E-state index is -1.62. The number of benzene rings is 2. The summed E-state index contributed by atoms with van der Waals surface area (Å²) in [5.74, 6) is 2.12. The Bertz CT molecular complexity index is 1610. The molecule has 0 aromatic heterocycles. The number of anilines is 1. The molecule has 0 radical (unpaired) electrons. The number of amides is 1. The van der Waals surface area contributed by atoms with Gasteiger partial charge >= 0.3 is 0 Å². The number of morpholine rings is 1. The van der Waals surface area contributed by atoms with Crippen molar-refractivity contribution in [2.45, 2.75) is 63.2 Å². The summed E-state index contributed by atoms with van der Waals surface area (Å²) < 4.78 is 34.6. The molecule has 9 nitrogen and oxygen atoms in total. The number of methoxy groups -OCH3 is 1. The molecule has 1 aliphatic carbocycles. The smallest absolute Gasteiger partial charge is 0.263 e. The molecule has 8 atom stereocenters. The summed E-state index contributed by atoms with van der Waals surface area (Å²) in [6.07, 6.45) is 9.96. The fourth-order valence-electron chi connectivity index (χ4n) is 9.18. The van der Waals surface area contributed by atoms with E-state index in [-0.39, 0.29) is 23.0 Å². The molecule has 3 fully saturated rings. The van der Waals surface area contributed by atoms with E-state index in [9.17, 15) is 9.00 Å². The van der Waals surface area contributed by atoms with Gasteiger partial charge in [-0.2, -0.15) is 0 Å². The van der Waals surface area contributed by atoms with E-state index < -0.39 is 11.0 Å². The van der Waals surface area contributed by atoms with Crippen LogP contribution in [0.1, 0.15) is 66.9 Å². The summed E-state index contributed by atoms with van der Waals surface area (Å²) in [5.41, 5.74) is 3.99. The van der Waals surface area contributed by atoms with E-state index >= 15 is 0 Å². The van der Waals surface area contributed by atoms with E-state index in [1.165, 1.54) is 24.0 Å². The molecule has 1 saturated carbocycles. The average Bonchev–Trinajstić information content (AvgIpc) is 3.31. The predicted molar refractivity (Wildman–Crippen MR) is 209 cm³/mol. The van der Waals surface area contributed by atoms with E-state index in [0.29, 0.717) is 42.6 Å². The third-order valence-corrected chi connectivity index (χ3v) is 14.1. The van der Waals surface area contributed by atoms with Crippen LogP contribution in [-0.2, 0) is 26.9 Å². The molecule has 2 aromatic rings. The Morgan fingerprint density at radius 1 is 1.06 bits per heavy atom. The van der Waals surface area contributed by atoms with Gasteiger partial charge in [-0.3, -0.25) is 19.3 Å². The zero-order chi connectivity index (χ0) is 36.2. The Kier molecular flexibility index (Phi) is 12.6. The number of nitrogens with zero attached hydrogens (tertiary/aromatic N) is 3. The maximum atomic E-state index is 13.7. The number of aryl methyl sites for hydroxylation is 1. The minimum absolute atomic E-state index is 0.0596. The largest absolute Gasteiger partial charge is 0.491 e. The molecule has 8 unspecified atom stereocenters. The van der Waals surface area contributed by atoms with E-state index in [2.05, 4.69) is 57.6 Å². The Morgan fingerprint density at radius 2 is 1.94 bits per heavy atom. The van der Waals surface area contributed by atoms with Crippen LogP contribution in [0.2, 0.25) is 5.02 Å². The van der Waals surface area contributed by atoms with Crippen molar-refractivity contribution in [3.63, 3.8) is 0 Å². The Labute approximate surface area is 317 Å². The lowest BCUT2D eigenvalue weighted by Gasteiger charge is -2.48. The molecule has 1 N–H and O–H groups in total. The highest BCUT2D eigenvalue weighted by Crippen LogP contribution is 2.45. The van der Waals surface area contributed by atoms with Gasteiger partial charge in [-0.25, -0.2) is 4.21 Å². The molecule has 11 heteroatoms. The van der Waals surface area contributed by atoms with Crippen molar-refractivity contribution in [1.82, 2.24) is 14.5 Å². The molecule has 1 amide bonds. The highest BCUT2D eigenvalue weighted by atomic mass is 35.5. The fraction of sp³-hybridized carbons (Fsp3) is 0.634. The second-order valence-corrected chi connectivity index (χ2v) is 17.6. The lowest BCUT2D eigenvalue weighted by Crippen LogP contribution is -2.59. The predicted octanol–water partition coefficient (Wildman–Crippen LogP) is 5.94. The number of piperazine rings is 1. The second kappa shape index (κ2) is 17.3. The van der Waals surface area contributed by atoms with Crippen LogP contribution in [0.4, 0.5) is 5.69 Å². The van der Waals surface area contributed by atoms with Crippen LogP contribution in [-0.4, -0.2) is 111 Å². The van der Waals surface area contributed by atoms with E-state index in [1.54, 1.807) is 13.2 Å². The van der Waals surface area contributed by atoms with Gasteiger partial charge in [-0.05, 0) is 90.8 Å². The molecule has 2 saturated heterocycles. The van der Waals surface area contributed by atoms with Crippen molar-refractivity contribution in [2.24, 2.45) is 23.7 Å². The number of carbonyl (C=O) groups is 1. The number of hydrogen-bond acceptors (Lipinski definition) is 8. The summed E-state index contributed by atoms with van der Waals surface area (Å²) >= 11 is 6.50. The van der Waals surface area contributed by atoms with Gasteiger partial charge in [0.1, 0.15) is 16.7 Å². The van der Waals surface area contributed by atoms with Crippen molar-refractivity contribution in [3.8, 4) is 5.75 Å². The summed E-state index contributed by atoms with van der Waals surface area (Å²) in [4.78, 5) is 21.5. The van der Waals surface area contributed by atoms with Crippen LogP contribution < -0.4 is 14.4 Å². The molecule has 284 valence electrons. The Balaban J connectivity index is 1.22. The van der Waals surface area contributed by atoms with Crippen molar-refractivity contribution >= 4 is 34.2 Å². The molecule has 4 heterocycles. The maximum absolute atomic E-state index is 13.7. The lowest BCUT2D eigenvalue weighted by atomic mass is 9.66. The van der Waals surface area contributed by atoms with Gasteiger partial charge < -0.3 is 19.1 Å². The highest BCUT2D eigenvalue weighted by molar-refractivity contribution is 7.84. The number of nitrogens with one attached hydrogen (secondary N) is 1. The Hall–Kier alpha value is -2.47. The zero-order valence-electron chi connectivity index (χ0n) is 31.1. The van der Waals surface area contributed by atoms with Crippen LogP contribution in [0, 0.1) is 23.7 Å². The third kappa shape index (κ3) is 8.58. The summed E-state index contributed by atoms with van der Waals surface area (Å²) in [7, 11) is 0.0112. The van der Waals surface area contributed by atoms with E-state index in [0.717, 1.165) is 94.7 Å². The van der Waals surface area contributed by atoms with Crippen molar-refractivity contribution in [1.29, 1.82) is 0 Å². The molecule has 0 spiro atoms. The lowest BCUT2D eigenvalue weighted by molar-refractivity contribution is -0.0492. The summed E-state index contributed by atoms with van der Waals surface area (Å²) in [6, 6.07) is 12.5. The number of rotatable bonds is 7. The normalized spacial score (nSPS) is 32.4. The molecule has 4 aliphatic heterocycles. The summed E-state index contributed by atoms with van der Waals surface area (Å²) in [6.45, 7) is 13.8. The van der Waals surface area contributed by atoms with Crippen LogP contribution in [0.3, 0.4) is 0 Å². The first-order valence-corrected chi connectivity index (χ1v) is 21.1. The van der Waals surface area contributed by atoms with Crippen LogP contribution in [0.25, 0.3) is 0 Å². The molecule has 2 aromatic carbocycles. The first-order chi connectivity index (χ1) is 25.3. The van der Waals surface area contributed by atoms with E-state index in [1.807, 2.05) is 18.2 Å². The third-order valence-electron chi connectivity index (χ3n) is 12.3. The fourth-order valence-corrected chi connectivity index (χ4v) is 10.6. The van der Waals surface area contributed by atoms with Crippen LogP contribution >= 0.6 is 11.6 Å². The second-order valence-electron chi connectivity index (χ2n) is 15.7. The zero-order valence-corrected chi connectivity index (χ0v) is 32.7. The van der Waals surface area contributed by atoms with Gasteiger partial charge in [0.05, 0.1) is 37.4 Å². The topological polar surface area (TPSA) is 83.6 Å². The first-order valence-electron chi connectivity index (χ1n) is 19.5. The molecule has 52 heavy (non-hydrogen) atoms. The monoisotopic (exact) mass is 752 g/mol. The molecular weight excluding hydrogens is 696 g/mol. The number of ether oxygens (including phenoxy) is 3. The quantitative estimate of drug-likeness (QED) is 0.349. The molecule has 5 aliphatic rings. The number of hydrogen-bond donors (Lipinski definition) is 1. The standard InChI is InChI=1S/C41H57ClN4O5S/c1-4-6-29-19-34(42)11-13-36(29)33-23-46-22-32-9-12-37(32)31(21-44-15-16-45-17-18-50-26-35(45)24-44)8-5-7-28(2)40(27-49-3)52(48)43-41(47)30-10-14-39(51-25-33)38(46)20-30/h5,8,10-11,13-14,19-20,28,31-33,35,37,40H,4,6-7,9,12,15-18,21-27H2,1-3H3,(H,43,47)/b8-5+.